The maximum absolute atomic E-state index is 4.46. The minimum absolute atomic E-state index is 1.23. The molecule has 1 nitrogen and oxygen atoms in total. The fourth-order valence-corrected chi connectivity index (χ4v) is 4.47. The van der Waals surface area contributed by atoms with E-state index in [1.54, 1.807) is 0 Å². The summed E-state index contributed by atoms with van der Waals surface area (Å²) in [6.07, 6.45) is 3.91. The number of benzene rings is 5. The molecule has 0 bridgehead atoms. The monoisotopic (exact) mass is 329 g/mol. The minimum atomic E-state index is 1.23. The standard InChI is InChI=1S/C25H15N/c1-4-10-20-16(7-1)17-8-2-6-12-22(17)25-23-15-26-14-13-19(23)18-9-3-5-11-21(18)24(20)25/h1-15H. The van der Waals surface area contributed by atoms with Gasteiger partial charge in [0.15, 0.2) is 0 Å². The molecule has 0 atom stereocenters. The van der Waals surface area contributed by atoms with Crippen LogP contribution in [0.5, 0.6) is 0 Å². The van der Waals surface area contributed by atoms with Crippen LogP contribution in [0.2, 0.25) is 0 Å². The van der Waals surface area contributed by atoms with Crippen LogP contribution in [0.1, 0.15) is 0 Å². The Morgan fingerprint density at radius 2 is 0.769 bits per heavy atom. The van der Waals surface area contributed by atoms with Crippen LogP contribution in [0.15, 0.2) is 91.3 Å². The minimum Gasteiger partial charge on any atom is -0.264 e. The van der Waals surface area contributed by atoms with Gasteiger partial charge in [0.1, 0.15) is 0 Å². The van der Waals surface area contributed by atoms with Crippen molar-refractivity contribution in [2.75, 3.05) is 0 Å². The molecule has 0 radical (unpaired) electrons. The molecule has 0 unspecified atom stereocenters. The van der Waals surface area contributed by atoms with E-state index in [1.165, 1.54) is 53.9 Å². The van der Waals surface area contributed by atoms with Crippen LogP contribution < -0.4 is 0 Å². The van der Waals surface area contributed by atoms with Gasteiger partial charge in [0, 0.05) is 23.2 Å². The van der Waals surface area contributed by atoms with Gasteiger partial charge in [-0.1, -0.05) is 72.8 Å². The van der Waals surface area contributed by atoms with Crippen LogP contribution >= 0.6 is 0 Å². The SMILES string of the molecule is c1ccc2c(c1)c1ccccc1c1c3cnccc3c3ccccc3c21. The molecule has 26 heavy (non-hydrogen) atoms. The molecule has 0 aliphatic heterocycles. The number of fused-ring (bicyclic) bond motifs is 11. The average Bonchev–Trinajstić information content (AvgIpc) is 2.73. The lowest BCUT2D eigenvalue weighted by molar-refractivity contribution is 1.37. The van der Waals surface area contributed by atoms with Crippen molar-refractivity contribution in [2.45, 2.75) is 0 Å². The number of hydrogen-bond donors (Lipinski definition) is 0. The first-order valence-electron chi connectivity index (χ1n) is 8.91. The van der Waals surface area contributed by atoms with Gasteiger partial charge in [-0.3, -0.25) is 4.98 Å². The fourth-order valence-electron chi connectivity index (χ4n) is 4.47. The summed E-state index contributed by atoms with van der Waals surface area (Å²) in [5.41, 5.74) is 0. The summed E-state index contributed by atoms with van der Waals surface area (Å²) in [6, 6.07) is 28.4. The second-order valence-electron chi connectivity index (χ2n) is 6.81. The third kappa shape index (κ3) is 1.67. The first-order chi connectivity index (χ1) is 12.9. The highest BCUT2D eigenvalue weighted by Crippen LogP contribution is 2.43. The molecule has 0 spiro atoms. The van der Waals surface area contributed by atoms with Crippen molar-refractivity contribution in [3.05, 3.63) is 91.3 Å². The highest BCUT2D eigenvalue weighted by atomic mass is 14.6. The van der Waals surface area contributed by atoms with Crippen molar-refractivity contribution in [3.63, 3.8) is 0 Å². The van der Waals surface area contributed by atoms with E-state index in [9.17, 15) is 0 Å². The Bertz CT molecular complexity index is 1250. The molecule has 0 N–H and O–H groups in total. The second-order valence-corrected chi connectivity index (χ2v) is 6.81. The Morgan fingerprint density at radius 1 is 0.385 bits per heavy atom. The normalized spacial score (nSPS) is 11.8. The van der Waals surface area contributed by atoms with Gasteiger partial charge in [-0.2, -0.15) is 0 Å². The molecule has 120 valence electrons. The number of pyridine rings is 1. The van der Waals surface area contributed by atoms with E-state index in [1.807, 2.05) is 12.4 Å². The molecule has 1 heterocycles. The summed E-state index contributed by atoms with van der Waals surface area (Å²) in [4.78, 5) is 4.46. The van der Waals surface area contributed by atoms with Crippen LogP contribution in [0.3, 0.4) is 0 Å². The van der Waals surface area contributed by atoms with Gasteiger partial charge >= 0.3 is 0 Å². The number of rotatable bonds is 0. The predicted octanol–water partition coefficient (Wildman–Crippen LogP) is 6.85. The highest BCUT2D eigenvalue weighted by molar-refractivity contribution is 6.39. The van der Waals surface area contributed by atoms with Crippen molar-refractivity contribution in [3.8, 4) is 0 Å². The third-order valence-corrected chi connectivity index (χ3v) is 5.51. The summed E-state index contributed by atoms with van der Waals surface area (Å²) in [5.74, 6) is 0. The molecule has 1 heteroatoms. The molecule has 0 saturated heterocycles. The fraction of sp³-hybridized carbons (Fsp3) is 0. The molecule has 0 saturated carbocycles. The predicted molar refractivity (Wildman–Crippen MR) is 112 cm³/mol. The van der Waals surface area contributed by atoms with Crippen LogP contribution in [-0.4, -0.2) is 4.98 Å². The smallest absolute Gasteiger partial charge is 0.0353 e. The Labute approximate surface area is 150 Å². The van der Waals surface area contributed by atoms with E-state index < -0.39 is 0 Å². The Hall–Kier alpha value is -3.45. The van der Waals surface area contributed by atoms with Crippen molar-refractivity contribution in [2.24, 2.45) is 0 Å². The lowest BCUT2D eigenvalue weighted by atomic mass is 9.88. The summed E-state index contributed by atoms with van der Waals surface area (Å²) >= 11 is 0. The molecular weight excluding hydrogens is 314 g/mol. The zero-order chi connectivity index (χ0) is 17.1. The van der Waals surface area contributed by atoms with Crippen LogP contribution in [-0.2, 0) is 0 Å². The highest BCUT2D eigenvalue weighted by Gasteiger charge is 2.14. The first-order valence-corrected chi connectivity index (χ1v) is 8.91. The van der Waals surface area contributed by atoms with E-state index in [-0.39, 0.29) is 0 Å². The zero-order valence-electron chi connectivity index (χ0n) is 14.1. The van der Waals surface area contributed by atoms with Gasteiger partial charge in [0.25, 0.3) is 0 Å². The van der Waals surface area contributed by atoms with E-state index in [0.29, 0.717) is 0 Å². The van der Waals surface area contributed by atoms with Gasteiger partial charge in [-0.05, 0) is 49.2 Å². The summed E-state index contributed by atoms with van der Waals surface area (Å²) < 4.78 is 0. The van der Waals surface area contributed by atoms with Crippen molar-refractivity contribution in [1.82, 2.24) is 4.98 Å². The van der Waals surface area contributed by atoms with Crippen LogP contribution in [0.4, 0.5) is 0 Å². The molecule has 1 aromatic heterocycles. The summed E-state index contributed by atoms with van der Waals surface area (Å²) in [6.45, 7) is 0. The maximum Gasteiger partial charge on any atom is 0.0353 e. The molecule has 0 aliphatic rings. The van der Waals surface area contributed by atoms with Crippen LogP contribution in [0.25, 0.3) is 53.9 Å². The number of nitrogens with zero attached hydrogens (tertiary/aromatic N) is 1. The zero-order valence-corrected chi connectivity index (χ0v) is 14.1. The van der Waals surface area contributed by atoms with Crippen molar-refractivity contribution in [1.29, 1.82) is 0 Å². The summed E-state index contributed by atoms with van der Waals surface area (Å²) in [5, 5.41) is 12.9. The van der Waals surface area contributed by atoms with Gasteiger partial charge < -0.3 is 0 Å². The average molecular weight is 329 g/mol. The Morgan fingerprint density at radius 3 is 1.27 bits per heavy atom. The van der Waals surface area contributed by atoms with E-state index in [2.05, 4.69) is 83.8 Å². The molecule has 0 aliphatic carbocycles. The summed E-state index contributed by atoms with van der Waals surface area (Å²) in [7, 11) is 0. The van der Waals surface area contributed by atoms with Gasteiger partial charge in [0.2, 0.25) is 0 Å². The third-order valence-electron chi connectivity index (χ3n) is 5.51. The van der Waals surface area contributed by atoms with Gasteiger partial charge in [-0.25, -0.2) is 0 Å². The quantitative estimate of drug-likeness (QED) is 0.278. The van der Waals surface area contributed by atoms with Gasteiger partial charge in [-0.15, -0.1) is 0 Å². The van der Waals surface area contributed by atoms with E-state index in [0.717, 1.165) is 0 Å². The molecule has 0 fully saturated rings. The first kappa shape index (κ1) is 13.8. The Balaban J connectivity index is 2.14. The molecular formula is C25H15N. The van der Waals surface area contributed by atoms with Crippen molar-refractivity contribution < 1.29 is 0 Å². The second kappa shape index (κ2) is 5.03. The van der Waals surface area contributed by atoms with Gasteiger partial charge in [0.05, 0.1) is 0 Å². The molecule has 6 aromatic rings. The molecule has 5 aromatic carbocycles. The number of aromatic nitrogens is 1. The lowest BCUT2D eigenvalue weighted by Gasteiger charge is -2.15. The molecule has 0 amide bonds. The maximum atomic E-state index is 4.46. The topological polar surface area (TPSA) is 12.9 Å². The molecule has 6 rings (SSSR count). The Kier molecular flexibility index (Phi) is 2.67. The van der Waals surface area contributed by atoms with E-state index in [4.69, 9.17) is 0 Å². The van der Waals surface area contributed by atoms with Crippen LogP contribution in [0, 0.1) is 0 Å². The van der Waals surface area contributed by atoms with E-state index >= 15 is 0 Å². The number of hydrogen-bond acceptors (Lipinski definition) is 1. The largest absolute Gasteiger partial charge is 0.264 e. The van der Waals surface area contributed by atoms with Crippen molar-refractivity contribution >= 4 is 53.9 Å². The lowest BCUT2D eigenvalue weighted by Crippen LogP contribution is -1.88.